The van der Waals surface area contributed by atoms with Crippen molar-refractivity contribution in [2.24, 2.45) is 5.92 Å². The number of nitrogens with zero attached hydrogens (tertiary/aromatic N) is 1. The monoisotopic (exact) mass is 309 g/mol. The summed E-state index contributed by atoms with van der Waals surface area (Å²) in [6.45, 7) is 4.29. The second-order valence-corrected chi connectivity index (χ2v) is 5.22. The topological polar surface area (TPSA) is 122 Å². The fourth-order valence-corrected chi connectivity index (χ4v) is 1.75. The third kappa shape index (κ3) is 5.49. The number of nitrogens with one attached hydrogen (secondary N) is 2. The second kappa shape index (κ2) is 8.08. The number of carbonyl (C=O) groups excluding carboxylic acids is 1. The predicted octanol–water partition coefficient (Wildman–Crippen LogP) is 1.62. The smallest absolute Gasteiger partial charge is 0.321 e. The Kier molecular flexibility index (Phi) is 6.46. The van der Waals surface area contributed by atoms with E-state index < -0.39 is 22.8 Å². The van der Waals surface area contributed by atoms with E-state index in [2.05, 4.69) is 10.6 Å². The number of aliphatic carboxylic acids is 1. The summed E-state index contributed by atoms with van der Waals surface area (Å²) < 4.78 is 0. The highest BCUT2D eigenvalue weighted by Crippen LogP contribution is 2.23. The summed E-state index contributed by atoms with van der Waals surface area (Å²) in [5.74, 6) is -1.50. The van der Waals surface area contributed by atoms with Gasteiger partial charge in [-0.05, 0) is 18.5 Å². The van der Waals surface area contributed by atoms with Crippen molar-refractivity contribution >= 4 is 23.3 Å². The van der Waals surface area contributed by atoms with Crippen LogP contribution in [0.4, 0.5) is 11.4 Å². The zero-order valence-electron chi connectivity index (χ0n) is 12.4. The van der Waals surface area contributed by atoms with Gasteiger partial charge in [0.15, 0.2) is 0 Å². The molecule has 1 aromatic rings. The minimum absolute atomic E-state index is 0.0468. The molecule has 8 nitrogen and oxygen atoms in total. The summed E-state index contributed by atoms with van der Waals surface area (Å²) in [6, 6.07) is 4.66. The quantitative estimate of drug-likeness (QED) is 0.495. The first-order valence-corrected chi connectivity index (χ1v) is 6.80. The molecule has 0 aliphatic heterocycles. The van der Waals surface area contributed by atoms with Crippen LogP contribution in [0.25, 0.3) is 0 Å². The van der Waals surface area contributed by atoms with E-state index in [0.29, 0.717) is 6.54 Å². The molecule has 0 radical (unpaired) electrons. The Labute approximate surface area is 127 Å². The molecule has 0 heterocycles. The maximum Gasteiger partial charge on any atom is 0.321 e. The fraction of sp³-hybridized carbons (Fsp3) is 0.429. The number of amides is 1. The van der Waals surface area contributed by atoms with Crippen LogP contribution in [0.3, 0.4) is 0 Å². The first-order valence-electron chi connectivity index (χ1n) is 6.80. The molecule has 120 valence electrons. The minimum atomic E-state index is -1.14. The predicted molar refractivity (Wildman–Crippen MR) is 80.6 cm³/mol. The molecule has 3 N–H and O–H groups in total. The number of rotatable bonds is 8. The van der Waals surface area contributed by atoms with E-state index in [1.54, 1.807) is 6.07 Å². The largest absolute Gasteiger partial charge is 0.480 e. The van der Waals surface area contributed by atoms with E-state index in [4.69, 9.17) is 5.11 Å². The summed E-state index contributed by atoms with van der Waals surface area (Å²) in [4.78, 5) is 33.3. The molecule has 0 saturated heterocycles. The molecular formula is C14H19N3O5. The Morgan fingerprint density at radius 3 is 2.50 bits per heavy atom. The molecule has 0 saturated carbocycles. The van der Waals surface area contributed by atoms with Crippen molar-refractivity contribution < 1.29 is 19.6 Å². The molecule has 22 heavy (non-hydrogen) atoms. The molecule has 0 aromatic heterocycles. The summed E-state index contributed by atoms with van der Waals surface area (Å²) in [6.07, 6.45) is -0.311. The van der Waals surface area contributed by atoms with Gasteiger partial charge in [-0.15, -0.1) is 0 Å². The Bertz CT molecular complexity index is 559. The highest BCUT2D eigenvalue weighted by molar-refractivity contribution is 5.95. The van der Waals surface area contributed by atoms with E-state index in [0.717, 1.165) is 0 Å². The molecule has 8 heteroatoms. The minimum Gasteiger partial charge on any atom is -0.480 e. The number of carboxylic acid groups (broad SMARTS) is 1. The third-order valence-corrected chi connectivity index (χ3v) is 2.83. The zero-order valence-corrected chi connectivity index (χ0v) is 12.4. The van der Waals surface area contributed by atoms with E-state index in [-0.39, 0.29) is 23.7 Å². The van der Waals surface area contributed by atoms with Crippen LogP contribution < -0.4 is 10.6 Å². The number of carbonyl (C=O) groups is 2. The number of anilines is 1. The standard InChI is InChI=1S/C14H19N3O5/c1-9(2)8-15-11(14(19)20)7-13(18)16-10-5-3-4-6-12(10)17(21)22/h3-6,9,11,15H,7-8H2,1-2H3,(H,16,18)(H,19,20). The van der Waals surface area contributed by atoms with Crippen LogP contribution in [-0.2, 0) is 9.59 Å². The number of hydrogen-bond acceptors (Lipinski definition) is 5. The molecule has 1 atom stereocenters. The lowest BCUT2D eigenvalue weighted by atomic mass is 10.1. The van der Waals surface area contributed by atoms with E-state index >= 15 is 0 Å². The number of carboxylic acids is 1. The lowest BCUT2D eigenvalue weighted by Crippen LogP contribution is -2.41. The van der Waals surface area contributed by atoms with Crippen LogP contribution >= 0.6 is 0 Å². The van der Waals surface area contributed by atoms with Crippen LogP contribution in [0.1, 0.15) is 20.3 Å². The van der Waals surface area contributed by atoms with Crippen molar-refractivity contribution in [1.82, 2.24) is 5.32 Å². The summed E-state index contributed by atoms with van der Waals surface area (Å²) in [7, 11) is 0. The van der Waals surface area contributed by atoms with Gasteiger partial charge in [-0.2, -0.15) is 0 Å². The molecule has 1 rings (SSSR count). The van der Waals surface area contributed by atoms with Crippen molar-refractivity contribution in [2.75, 3.05) is 11.9 Å². The molecule has 0 fully saturated rings. The molecule has 1 amide bonds. The molecule has 1 aromatic carbocycles. The van der Waals surface area contributed by atoms with Gasteiger partial charge in [0.05, 0.1) is 11.3 Å². The fourth-order valence-electron chi connectivity index (χ4n) is 1.75. The first kappa shape index (κ1) is 17.6. The molecule has 1 unspecified atom stereocenters. The zero-order chi connectivity index (χ0) is 16.7. The Morgan fingerprint density at radius 2 is 1.95 bits per heavy atom. The van der Waals surface area contributed by atoms with Gasteiger partial charge in [-0.25, -0.2) is 0 Å². The van der Waals surface area contributed by atoms with Crippen molar-refractivity contribution in [3.63, 3.8) is 0 Å². The maximum absolute atomic E-state index is 11.9. The summed E-state index contributed by atoms with van der Waals surface area (Å²) in [5.41, 5.74) is -0.191. The Morgan fingerprint density at radius 1 is 1.32 bits per heavy atom. The van der Waals surface area contributed by atoms with Crippen LogP contribution in [0, 0.1) is 16.0 Å². The summed E-state index contributed by atoms with van der Waals surface area (Å²) in [5, 5.41) is 25.1. The SMILES string of the molecule is CC(C)CNC(CC(=O)Nc1ccccc1[N+](=O)[O-])C(=O)O. The van der Waals surface area contributed by atoms with Gasteiger partial charge in [0.1, 0.15) is 11.7 Å². The van der Waals surface area contributed by atoms with E-state index in [9.17, 15) is 19.7 Å². The second-order valence-electron chi connectivity index (χ2n) is 5.22. The van der Waals surface area contributed by atoms with Crippen molar-refractivity contribution in [2.45, 2.75) is 26.3 Å². The van der Waals surface area contributed by atoms with Crippen molar-refractivity contribution in [3.05, 3.63) is 34.4 Å². The van der Waals surface area contributed by atoms with Gasteiger partial charge >= 0.3 is 5.97 Å². The van der Waals surface area contributed by atoms with Crippen LogP contribution in [-0.4, -0.2) is 34.5 Å². The molecule has 0 aliphatic rings. The van der Waals surface area contributed by atoms with Crippen LogP contribution in [0.2, 0.25) is 0 Å². The molecule has 0 bridgehead atoms. The number of benzene rings is 1. The average Bonchev–Trinajstić information content (AvgIpc) is 2.43. The molecular weight excluding hydrogens is 290 g/mol. The lowest BCUT2D eigenvalue weighted by Gasteiger charge is -2.15. The Balaban J connectivity index is 2.72. The van der Waals surface area contributed by atoms with Gasteiger partial charge in [-0.3, -0.25) is 19.7 Å². The average molecular weight is 309 g/mol. The number of hydrogen-bond donors (Lipinski definition) is 3. The normalized spacial score (nSPS) is 12.0. The highest BCUT2D eigenvalue weighted by atomic mass is 16.6. The van der Waals surface area contributed by atoms with E-state index in [1.165, 1.54) is 18.2 Å². The van der Waals surface area contributed by atoms with E-state index in [1.807, 2.05) is 13.8 Å². The number of nitro benzene ring substituents is 1. The first-order chi connectivity index (χ1) is 10.3. The van der Waals surface area contributed by atoms with Gasteiger partial charge in [-0.1, -0.05) is 26.0 Å². The van der Waals surface area contributed by atoms with Crippen molar-refractivity contribution in [1.29, 1.82) is 0 Å². The third-order valence-electron chi connectivity index (χ3n) is 2.83. The van der Waals surface area contributed by atoms with Gasteiger partial charge in [0.2, 0.25) is 5.91 Å². The highest BCUT2D eigenvalue weighted by Gasteiger charge is 2.22. The van der Waals surface area contributed by atoms with Gasteiger partial charge in [0, 0.05) is 6.07 Å². The van der Waals surface area contributed by atoms with Crippen LogP contribution in [0.5, 0.6) is 0 Å². The number of nitro groups is 1. The van der Waals surface area contributed by atoms with Crippen LogP contribution in [0.15, 0.2) is 24.3 Å². The maximum atomic E-state index is 11.9. The van der Waals surface area contributed by atoms with Crippen molar-refractivity contribution in [3.8, 4) is 0 Å². The summed E-state index contributed by atoms with van der Waals surface area (Å²) >= 11 is 0. The number of para-hydroxylation sites is 2. The Hall–Kier alpha value is -2.48. The molecule has 0 aliphatic carbocycles. The molecule has 0 spiro atoms. The van der Waals surface area contributed by atoms with Gasteiger partial charge < -0.3 is 15.7 Å². The lowest BCUT2D eigenvalue weighted by molar-refractivity contribution is -0.383. The van der Waals surface area contributed by atoms with Gasteiger partial charge in [0.25, 0.3) is 5.69 Å².